The lowest BCUT2D eigenvalue weighted by Gasteiger charge is -2.06. The molecule has 0 spiro atoms. The third-order valence-corrected chi connectivity index (χ3v) is 3.66. The second kappa shape index (κ2) is 5.95. The second-order valence-electron chi connectivity index (χ2n) is 5.10. The number of benzene rings is 1. The molecule has 0 unspecified atom stereocenters. The topological polar surface area (TPSA) is 68.5 Å². The van der Waals surface area contributed by atoms with E-state index in [1.165, 1.54) is 0 Å². The summed E-state index contributed by atoms with van der Waals surface area (Å²) in [5.74, 6) is 0.931. The second-order valence-corrected chi connectivity index (χ2v) is 5.10. The summed E-state index contributed by atoms with van der Waals surface area (Å²) in [7, 11) is 0. The van der Waals surface area contributed by atoms with Crippen molar-refractivity contribution in [3.8, 4) is 0 Å². The lowest BCUT2D eigenvalue weighted by atomic mass is 10.3. The fraction of sp³-hybridized carbons (Fsp3) is 0.400. The van der Waals surface area contributed by atoms with E-state index < -0.39 is 0 Å². The van der Waals surface area contributed by atoms with E-state index in [1.54, 1.807) is 10.9 Å². The van der Waals surface area contributed by atoms with Gasteiger partial charge < -0.3 is 4.98 Å². The molecule has 2 heterocycles. The molecule has 110 valence electrons. The Bertz CT molecular complexity index is 783. The Morgan fingerprint density at radius 3 is 2.95 bits per heavy atom. The third kappa shape index (κ3) is 2.74. The van der Waals surface area contributed by atoms with Crippen LogP contribution in [0.5, 0.6) is 0 Å². The number of unbranched alkanes of at least 4 members (excludes halogenated alkanes) is 1. The maximum atomic E-state index is 12.0. The van der Waals surface area contributed by atoms with Gasteiger partial charge in [0, 0.05) is 19.5 Å². The molecule has 6 nitrogen and oxygen atoms in total. The molecule has 1 N–H and O–H groups in total. The Labute approximate surface area is 122 Å². The first-order chi connectivity index (χ1) is 10.3. The summed E-state index contributed by atoms with van der Waals surface area (Å²) < 4.78 is 3.69. The minimum Gasteiger partial charge on any atom is -0.306 e. The summed E-state index contributed by atoms with van der Waals surface area (Å²) in [5, 5.41) is 4.25. The Morgan fingerprint density at radius 1 is 1.24 bits per heavy atom. The molecule has 2 aromatic heterocycles. The van der Waals surface area contributed by atoms with Gasteiger partial charge in [-0.05, 0) is 18.6 Å². The predicted octanol–water partition coefficient (Wildman–Crippen LogP) is 1.96. The van der Waals surface area contributed by atoms with Gasteiger partial charge in [0.15, 0.2) is 0 Å². The largest absolute Gasteiger partial charge is 0.326 e. The first kappa shape index (κ1) is 13.6. The van der Waals surface area contributed by atoms with E-state index in [1.807, 2.05) is 28.9 Å². The highest BCUT2D eigenvalue weighted by Crippen LogP contribution is 2.10. The normalized spacial score (nSPS) is 11.3. The molecule has 0 amide bonds. The lowest BCUT2D eigenvalue weighted by Crippen LogP contribution is -2.19. The average molecular weight is 285 g/mol. The molecule has 0 fully saturated rings. The zero-order valence-corrected chi connectivity index (χ0v) is 12.1. The zero-order valence-electron chi connectivity index (χ0n) is 12.1. The Kier molecular flexibility index (Phi) is 3.85. The maximum absolute atomic E-state index is 12.0. The van der Waals surface area contributed by atoms with Gasteiger partial charge in [0.05, 0.1) is 11.0 Å². The number of nitrogens with one attached hydrogen (secondary N) is 1. The van der Waals surface area contributed by atoms with Crippen LogP contribution in [0.2, 0.25) is 0 Å². The van der Waals surface area contributed by atoms with Crippen LogP contribution in [0.3, 0.4) is 0 Å². The highest BCUT2D eigenvalue weighted by Gasteiger charge is 2.08. The third-order valence-electron chi connectivity index (χ3n) is 3.66. The van der Waals surface area contributed by atoms with Gasteiger partial charge in [-0.15, -0.1) is 0 Å². The molecule has 0 saturated heterocycles. The van der Waals surface area contributed by atoms with Crippen molar-refractivity contribution in [1.82, 2.24) is 24.3 Å². The van der Waals surface area contributed by atoms with Gasteiger partial charge in [-0.25, -0.2) is 9.78 Å². The van der Waals surface area contributed by atoms with Crippen LogP contribution in [-0.2, 0) is 19.5 Å². The molecular formula is C15H19N5O. The lowest BCUT2D eigenvalue weighted by molar-refractivity contribution is 0.530. The molecular weight excluding hydrogens is 266 g/mol. The van der Waals surface area contributed by atoms with Crippen molar-refractivity contribution in [2.45, 2.75) is 39.3 Å². The molecule has 3 aromatic rings. The Morgan fingerprint density at radius 2 is 2.10 bits per heavy atom. The van der Waals surface area contributed by atoms with Gasteiger partial charge in [0.25, 0.3) is 0 Å². The summed E-state index contributed by atoms with van der Waals surface area (Å²) >= 11 is 0. The molecule has 21 heavy (non-hydrogen) atoms. The van der Waals surface area contributed by atoms with Gasteiger partial charge in [0.1, 0.15) is 12.2 Å². The standard InChI is InChI=1S/C15H19N5O/c1-2-3-9-20-14(16-11-17-20)8-10-19-13-7-5-4-6-12(13)18-15(19)21/h4-7,11H,2-3,8-10H2,1H3,(H,18,21). The number of aryl methyl sites for hydroxylation is 3. The number of rotatable bonds is 6. The van der Waals surface area contributed by atoms with Crippen LogP contribution < -0.4 is 5.69 Å². The average Bonchev–Trinajstić information content (AvgIpc) is 3.06. The number of fused-ring (bicyclic) bond motifs is 1. The summed E-state index contributed by atoms with van der Waals surface area (Å²) in [4.78, 5) is 19.2. The van der Waals surface area contributed by atoms with Crippen molar-refractivity contribution >= 4 is 11.0 Å². The predicted molar refractivity (Wildman–Crippen MR) is 81.2 cm³/mol. The van der Waals surface area contributed by atoms with E-state index in [-0.39, 0.29) is 5.69 Å². The van der Waals surface area contributed by atoms with Crippen LogP contribution in [0.25, 0.3) is 11.0 Å². The quantitative estimate of drug-likeness (QED) is 0.752. The number of aromatic amines is 1. The van der Waals surface area contributed by atoms with Crippen LogP contribution in [-0.4, -0.2) is 24.3 Å². The number of para-hydroxylation sites is 2. The fourth-order valence-corrected chi connectivity index (χ4v) is 2.52. The number of hydrogen-bond acceptors (Lipinski definition) is 3. The number of aromatic nitrogens is 5. The van der Waals surface area contributed by atoms with Crippen molar-refractivity contribution in [3.63, 3.8) is 0 Å². The molecule has 0 saturated carbocycles. The van der Waals surface area contributed by atoms with Gasteiger partial charge >= 0.3 is 5.69 Å². The summed E-state index contributed by atoms with van der Waals surface area (Å²) in [5.41, 5.74) is 1.73. The van der Waals surface area contributed by atoms with Crippen LogP contribution in [0.4, 0.5) is 0 Å². The molecule has 3 rings (SSSR count). The van der Waals surface area contributed by atoms with E-state index >= 15 is 0 Å². The van der Waals surface area contributed by atoms with Crippen LogP contribution in [0.15, 0.2) is 35.4 Å². The van der Waals surface area contributed by atoms with Crippen molar-refractivity contribution in [2.75, 3.05) is 0 Å². The molecule has 0 radical (unpaired) electrons. The van der Waals surface area contributed by atoms with Crippen molar-refractivity contribution < 1.29 is 0 Å². The highest BCUT2D eigenvalue weighted by molar-refractivity contribution is 5.74. The smallest absolute Gasteiger partial charge is 0.306 e. The molecule has 6 heteroatoms. The van der Waals surface area contributed by atoms with Crippen LogP contribution in [0, 0.1) is 0 Å². The summed E-state index contributed by atoms with van der Waals surface area (Å²) in [6, 6.07) is 7.73. The van der Waals surface area contributed by atoms with E-state index in [0.29, 0.717) is 13.0 Å². The maximum Gasteiger partial charge on any atom is 0.326 e. The van der Waals surface area contributed by atoms with Crippen molar-refractivity contribution in [1.29, 1.82) is 0 Å². The molecule has 1 aromatic carbocycles. The first-order valence-corrected chi connectivity index (χ1v) is 7.34. The van der Waals surface area contributed by atoms with E-state index in [0.717, 1.165) is 36.2 Å². The highest BCUT2D eigenvalue weighted by atomic mass is 16.1. The Balaban J connectivity index is 1.79. The zero-order chi connectivity index (χ0) is 14.7. The van der Waals surface area contributed by atoms with Crippen LogP contribution >= 0.6 is 0 Å². The number of H-pyrrole nitrogens is 1. The van der Waals surface area contributed by atoms with Gasteiger partial charge in [-0.3, -0.25) is 9.25 Å². The van der Waals surface area contributed by atoms with Crippen molar-refractivity contribution in [2.24, 2.45) is 0 Å². The van der Waals surface area contributed by atoms with E-state index in [4.69, 9.17) is 0 Å². The van der Waals surface area contributed by atoms with Crippen LogP contribution in [0.1, 0.15) is 25.6 Å². The Hall–Kier alpha value is -2.37. The molecule has 0 bridgehead atoms. The summed E-state index contributed by atoms with van der Waals surface area (Å²) in [6.07, 6.45) is 4.50. The van der Waals surface area contributed by atoms with E-state index in [2.05, 4.69) is 22.0 Å². The molecule has 0 atom stereocenters. The molecule has 0 aliphatic rings. The van der Waals surface area contributed by atoms with Crippen molar-refractivity contribution in [3.05, 3.63) is 46.9 Å². The van der Waals surface area contributed by atoms with Gasteiger partial charge in [-0.1, -0.05) is 25.5 Å². The summed E-state index contributed by atoms with van der Waals surface area (Å²) in [6.45, 7) is 3.64. The number of nitrogens with zero attached hydrogens (tertiary/aromatic N) is 4. The first-order valence-electron chi connectivity index (χ1n) is 7.34. The molecule has 0 aliphatic carbocycles. The minimum absolute atomic E-state index is 0.0733. The number of hydrogen-bond donors (Lipinski definition) is 1. The molecule has 0 aliphatic heterocycles. The minimum atomic E-state index is -0.0733. The van der Waals surface area contributed by atoms with Gasteiger partial charge in [-0.2, -0.15) is 5.10 Å². The fourth-order valence-electron chi connectivity index (χ4n) is 2.52. The SMILES string of the molecule is CCCCn1ncnc1CCn1c(=O)[nH]c2ccccc21. The monoisotopic (exact) mass is 285 g/mol. The van der Waals surface area contributed by atoms with E-state index in [9.17, 15) is 4.79 Å². The van der Waals surface area contributed by atoms with Gasteiger partial charge in [0.2, 0.25) is 0 Å². The number of imidazole rings is 1.